The summed E-state index contributed by atoms with van der Waals surface area (Å²) < 4.78 is 3.86. The SMILES string of the molecule is CN(Cc1nnsc1NN)CC(C)(C)C. The maximum atomic E-state index is 5.36. The van der Waals surface area contributed by atoms with Crippen molar-refractivity contribution >= 4 is 16.5 Å². The fourth-order valence-corrected chi connectivity index (χ4v) is 2.03. The van der Waals surface area contributed by atoms with E-state index in [2.05, 4.69) is 47.7 Å². The number of nitrogen functional groups attached to an aromatic ring is 1. The zero-order chi connectivity index (χ0) is 11.5. The number of nitrogens with one attached hydrogen (secondary N) is 1. The van der Waals surface area contributed by atoms with E-state index in [1.54, 1.807) is 0 Å². The first-order valence-corrected chi connectivity index (χ1v) is 5.66. The molecule has 15 heavy (non-hydrogen) atoms. The lowest BCUT2D eigenvalue weighted by molar-refractivity contribution is 0.219. The van der Waals surface area contributed by atoms with Crippen molar-refractivity contribution in [2.24, 2.45) is 11.3 Å². The average molecular weight is 229 g/mol. The van der Waals surface area contributed by atoms with E-state index in [1.165, 1.54) is 11.5 Å². The van der Waals surface area contributed by atoms with E-state index >= 15 is 0 Å². The van der Waals surface area contributed by atoms with E-state index < -0.39 is 0 Å². The van der Waals surface area contributed by atoms with Crippen molar-refractivity contribution in [2.45, 2.75) is 27.3 Å². The van der Waals surface area contributed by atoms with Gasteiger partial charge in [-0.2, -0.15) is 0 Å². The summed E-state index contributed by atoms with van der Waals surface area (Å²) in [5.74, 6) is 5.36. The van der Waals surface area contributed by atoms with Crippen LogP contribution in [0.5, 0.6) is 0 Å². The molecular formula is C9H19N5S. The Morgan fingerprint density at radius 2 is 2.13 bits per heavy atom. The molecule has 0 aliphatic carbocycles. The number of rotatable bonds is 4. The molecule has 0 radical (unpaired) electrons. The standard InChI is InChI=1S/C9H19N5S/c1-9(2,3)6-14(4)5-7-8(11-10)15-13-12-7/h11H,5-6,10H2,1-4H3. The van der Waals surface area contributed by atoms with Crippen LogP contribution in [0.3, 0.4) is 0 Å². The first-order valence-electron chi connectivity index (χ1n) is 4.89. The van der Waals surface area contributed by atoms with Gasteiger partial charge in [0, 0.05) is 24.6 Å². The van der Waals surface area contributed by atoms with E-state index in [0.29, 0.717) is 0 Å². The van der Waals surface area contributed by atoms with Crippen LogP contribution >= 0.6 is 11.5 Å². The van der Waals surface area contributed by atoms with E-state index in [-0.39, 0.29) is 5.41 Å². The molecule has 0 aromatic carbocycles. The lowest BCUT2D eigenvalue weighted by atomic mass is 9.96. The molecule has 0 saturated heterocycles. The molecule has 0 bridgehead atoms. The smallest absolute Gasteiger partial charge is 0.148 e. The normalized spacial score (nSPS) is 12.1. The number of hydrazine groups is 1. The van der Waals surface area contributed by atoms with Gasteiger partial charge in [0.25, 0.3) is 0 Å². The summed E-state index contributed by atoms with van der Waals surface area (Å²) in [6.45, 7) is 8.42. The molecule has 3 N–H and O–H groups in total. The Morgan fingerprint density at radius 1 is 1.47 bits per heavy atom. The molecule has 0 fully saturated rings. The van der Waals surface area contributed by atoms with Crippen molar-refractivity contribution in [1.29, 1.82) is 0 Å². The molecule has 1 heterocycles. The van der Waals surface area contributed by atoms with Gasteiger partial charge in [-0.3, -0.25) is 4.90 Å². The van der Waals surface area contributed by atoms with Gasteiger partial charge in [-0.25, -0.2) is 5.84 Å². The van der Waals surface area contributed by atoms with Crippen molar-refractivity contribution in [2.75, 3.05) is 19.0 Å². The Balaban J connectivity index is 2.55. The van der Waals surface area contributed by atoms with E-state index in [0.717, 1.165) is 23.8 Å². The fraction of sp³-hybridized carbons (Fsp3) is 0.778. The average Bonchev–Trinajstić information content (AvgIpc) is 2.48. The van der Waals surface area contributed by atoms with Crippen LogP contribution in [-0.4, -0.2) is 28.1 Å². The van der Waals surface area contributed by atoms with Gasteiger partial charge in [0.15, 0.2) is 0 Å². The second-order valence-corrected chi connectivity index (χ2v) is 5.68. The van der Waals surface area contributed by atoms with Crippen molar-refractivity contribution in [3.63, 3.8) is 0 Å². The topological polar surface area (TPSA) is 67.1 Å². The molecule has 0 aliphatic rings. The summed E-state index contributed by atoms with van der Waals surface area (Å²) in [6, 6.07) is 0. The molecule has 0 spiro atoms. The van der Waals surface area contributed by atoms with Crippen molar-refractivity contribution in [1.82, 2.24) is 14.5 Å². The predicted octanol–water partition coefficient (Wildman–Crippen LogP) is 1.30. The lowest BCUT2D eigenvalue weighted by Crippen LogP contribution is -2.29. The van der Waals surface area contributed by atoms with Crippen LogP contribution in [0.15, 0.2) is 0 Å². The third-order valence-corrected chi connectivity index (χ3v) is 2.55. The van der Waals surface area contributed by atoms with E-state index in [4.69, 9.17) is 5.84 Å². The number of nitrogens with two attached hydrogens (primary N) is 1. The molecule has 1 aromatic rings. The molecule has 1 rings (SSSR count). The molecule has 86 valence electrons. The highest BCUT2D eigenvalue weighted by molar-refractivity contribution is 7.10. The number of hydrogen-bond acceptors (Lipinski definition) is 6. The Kier molecular flexibility index (Phi) is 4.01. The lowest BCUT2D eigenvalue weighted by Gasteiger charge is -2.25. The minimum absolute atomic E-state index is 0.286. The highest BCUT2D eigenvalue weighted by Gasteiger charge is 2.16. The van der Waals surface area contributed by atoms with Gasteiger partial charge in [-0.05, 0) is 12.5 Å². The van der Waals surface area contributed by atoms with E-state index in [9.17, 15) is 0 Å². The number of hydrogen-bond donors (Lipinski definition) is 2. The molecule has 1 aromatic heterocycles. The fourth-order valence-electron chi connectivity index (χ4n) is 1.54. The summed E-state index contributed by atoms with van der Waals surface area (Å²) in [5, 5.41) is 4.88. The Bertz CT molecular complexity index is 304. The van der Waals surface area contributed by atoms with Crippen molar-refractivity contribution < 1.29 is 0 Å². The number of aromatic nitrogens is 2. The van der Waals surface area contributed by atoms with Gasteiger partial charge < -0.3 is 5.43 Å². The zero-order valence-corrected chi connectivity index (χ0v) is 10.6. The van der Waals surface area contributed by atoms with Crippen molar-refractivity contribution in [3.05, 3.63) is 5.69 Å². The van der Waals surface area contributed by atoms with Crippen LogP contribution in [0.25, 0.3) is 0 Å². The number of nitrogens with zero attached hydrogens (tertiary/aromatic N) is 3. The van der Waals surface area contributed by atoms with Gasteiger partial charge >= 0.3 is 0 Å². The largest absolute Gasteiger partial charge is 0.313 e. The van der Waals surface area contributed by atoms with Crippen molar-refractivity contribution in [3.8, 4) is 0 Å². The molecule has 0 saturated carbocycles. The second kappa shape index (κ2) is 4.87. The highest BCUT2D eigenvalue weighted by atomic mass is 32.1. The van der Waals surface area contributed by atoms with Gasteiger partial charge in [-0.15, -0.1) is 5.10 Å². The Labute approximate surface area is 94.8 Å². The molecular weight excluding hydrogens is 210 g/mol. The molecule has 0 amide bonds. The Hall–Kier alpha value is -0.720. The molecule has 0 aliphatic heterocycles. The molecule has 5 nitrogen and oxygen atoms in total. The van der Waals surface area contributed by atoms with Crippen LogP contribution in [0.2, 0.25) is 0 Å². The van der Waals surface area contributed by atoms with Crippen LogP contribution in [0.1, 0.15) is 26.5 Å². The molecule has 0 atom stereocenters. The van der Waals surface area contributed by atoms with Gasteiger partial charge in [0.05, 0.1) is 0 Å². The highest BCUT2D eigenvalue weighted by Crippen LogP contribution is 2.20. The Morgan fingerprint density at radius 3 is 2.67 bits per heavy atom. The summed E-state index contributed by atoms with van der Waals surface area (Å²) in [7, 11) is 2.07. The monoisotopic (exact) mass is 229 g/mol. The van der Waals surface area contributed by atoms with Crippen LogP contribution < -0.4 is 11.3 Å². The minimum atomic E-state index is 0.286. The van der Waals surface area contributed by atoms with Crippen LogP contribution in [-0.2, 0) is 6.54 Å². The summed E-state index contributed by atoms with van der Waals surface area (Å²) >= 11 is 1.29. The quantitative estimate of drug-likeness (QED) is 0.602. The van der Waals surface area contributed by atoms with Gasteiger partial charge in [0.1, 0.15) is 10.7 Å². The molecule has 0 unspecified atom stereocenters. The summed E-state index contributed by atoms with van der Waals surface area (Å²) in [4.78, 5) is 2.22. The van der Waals surface area contributed by atoms with Gasteiger partial charge in [-0.1, -0.05) is 25.3 Å². The van der Waals surface area contributed by atoms with Crippen LogP contribution in [0, 0.1) is 5.41 Å². The maximum Gasteiger partial charge on any atom is 0.148 e. The maximum absolute atomic E-state index is 5.36. The first kappa shape index (κ1) is 12.4. The van der Waals surface area contributed by atoms with Gasteiger partial charge in [0.2, 0.25) is 0 Å². The zero-order valence-electron chi connectivity index (χ0n) is 9.74. The van der Waals surface area contributed by atoms with E-state index in [1.807, 2.05) is 0 Å². The third kappa shape index (κ3) is 4.11. The second-order valence-electron chi connectivity index (χ2n) is 4.93. The number of anilines is 1. The predicted molar refractivity (Wildman–Crippen MR) is 63.5 cm³/mol. The summed E-state index contributed by atoms with van der Waals surface area (Å²) in [5.41, 5.74) is 3.81. The summed E-state index contributed by atoms with van der Waals surface area (Å²) in [6.07, 6.45) is 0. The minimum Gasteiger partial charge on any atom is -0.313 e. The van der Waals surface area contributed by atoms with Crippen LogP contribution in [0.4, 0.5) is 5.00 Å². The first-order chi connectivity index (χ1) is 6.92. The third-order valence-electron chi connectivity index (χ3n) is 1.85. The molecule has 6 heteroatoms.